The van der Waals surface area contributed by atoms with Crippen molar-refractivity contribution in [2.75, 3.05) is 18.1 Å². The molecule has 0 bridgehead atoms. The Labute approximate surface area is 133 Å². The van der Waals surface area contributed by atoms with Gasteiger partial charge in [0.1, 0.15) is 5.25 Å². The Hall–Kier alpha value is -2.42. The van der Waals surface area contributed by atoms with E-state index in [1.165, 1.54) is 31.2 Å². The second kappa shape index (κ2) is 7.73. The molecule has 0 aliphatic carbocycles. The number of anilines is 1. The Bertz CT molecular complexity index is 696. The first-order valence-corrected chi connectivity index (χ1v) is 8.66. The van der Waals surface area contributed by atoms with Crippen LogP contribution >= 0.6 is 0 Å². The van der Waals surface area contributed by atoms with Crippen molar-refractivity contribution in [1.82, 2.24) is 5.32 Å². The summed E-state index contributed by atoms with van der Waals surface area (Å²) in [6.45, 7) is 1.30. The normalized spacial score (nSPS) is 12.3. The Kier molecular flexibility index (Phi) is 6.26. The van der Waals surface area contributed by atoms with Crippen LogP contribution in [0.2, 0.25) is 0 Å². The van der Waals surface area contributed by atoms with Gasteiger partial charge in [0.15, 0.2) is 9.84 Å². The summed E-state index contributed by atoms with van der Waals surface area (Å²) in [5, 5.41) is 12.2. The fourth-order valence-electron chi connectivity index (χ4n) is 1.53. The zero-order chi connectivity index (χ0) is 17.6. The third-order valence-electron chi connectivity index (χ3n) is 3.05. The van der Waals surface area contributed by atoms with E-state index in [0.717, 1.165) is 6.26 Å². The van der Waals surface area contributed by atoms with Crippen LogP contribution in [0.5, 0.6) is 0 Å². The molecule has 2 amide bonds. The van der Waals surface area contributed by atoms with E-state index < -0.39 is 32.9 Å². The Balaban J connectivity index is 2.64. The first-order chi connectivity index (χ1) is 10.6. The van der Waals surface area contributed by atoms with Crippen LogP contribution < -0.4 is 10.6 Å². The van der Waals surface area contributed by atoms with Crippen molar-refractivity contribution < 1.29 is 27.9 Å². The number of rotatable bonds is 7. The first kappa shape index (κ1) is 18.6. The summed E-state index contributed by atoms with van der Waals surface area (Å²) in [7, 11) is -3.49. The summed E-state index contributed by atoms with van der Waals surface area (Å²) in [5.74, 6) is -2.11. The van der Waals surface area contributed by atoms with Crippen LogP contribution in [0.25, 0.3) is 0 Å². The van der Waals surface area contributed by atoms with Crippen LogP contribution in [0.3, 0.4) is 0 Å². The molecule has 0 aromatic heterocycles. The summed E-state index contributed by atoms with van der Waals surface area (Å²) in [4.78, 5) is 33.8. The predicted molar refractivity (Wildman–Crippen MR) is 84.0 cm³/mol. The van der Waals surface area contributed by atoms with E-state index >= 15 is 0 Å². The highest BCUT2D eigenvalue weighted by molar-refractivity contribution is 7.92. The maximum absolute atomic E-state index is 11.8. The number of nitrogens with one attached hydrogen (secondary N) is 2. The topological polar surface area (TPSA) is 130 Å². The van der Waals surface area contributed by atoms with Crippen molar-refractivity contribution in [2.45, 2.75) is 18.6 Å². The Morgan fingerprint density at radius 1 is 1.17 bits per heavy atom. The third kappa shape index (κ3) is 6.07. The van der Waals surface area contributed by atoms with E-state index in [1.807, 2.05) is 0 Å². The van der Waals surface area contributed by atoms with Gasteiger partial charge in [0, 0.05) is 24.1 Å². The van der Waals surface area contributed by atoms with Crippen molar-refractivity contribution in [3.8, 4) is 0 Å². The van der Waals surface area contributed by atoms with E-state index in [0.29, 0.717) is 11.3 Å². The van der Waals surface area contributed by atoms with Gasteiger partial charge in [0.2, 0.25) is 5.91 Å². The van der Waals surface area contributed by atoms with Gasteiger partial charge in [0.25, 0.3) is 5.91 Å². The minimum atomic E-state index is -3.49. The summed E-state index contributed by atoms with van der Waals surface area (Å²) in [6.07, 6.45) is 0.797. The number of hydrogen-bond donors (Lipinski definition) is 3. The van der Waals surface area contributed by atoms with Gasteiger partial charge < -0.3 is 15.7 Å². The highest BCUT2D eigenvalue weighted by Gasteiger charge is 2.23. The van der Waals surface area contributed by atoms with E-state index in [-0.39, 0.29) is 13.0 Å². The fraction of sp³-hybridized carbons (Fsp3) is 0.357. The fourth-order valence-corrected chi connectivity index (χ4v) is 1.98. The van der Waals surface area contributed by atoms with Crippen LogP contribution in [0, 0.1) is 0 Å². The lowest BCUT2D eigenvalue weighted by Crippen LogP contribution is -2.31. The van der Waals surface area contributed by atoms with Gasteiger partial charge >= 0.3 is 5.97 Å². The molecule has 0 saturated heterocycles. The van der Waals surface area contributed by atoms with Gasteiger partial charge in [-0.2, -0.15) is 0 Å². The van der Waals surface area contributed by atoms with E-state index in [1.54, 1.807) is 0 Å². The molecule has 1 rings (SSSR count). The van der Waals surface area contributed by atoms with Crippen molar-refractivity contribution >= 4 is 33.3 Å². The highest BCUT2D eigenvalue weighted by atomic mass is 32.2. The average Bonchev–Trinajstić information content (AvgIpc) is 2.45. The van der Waals surface area contributed by atoms with Crippen LogP contribution in [-0.2, 0) is 19.4 Å². The number of sulfone groups is 1. The SMILES string of the molecule is CC(C(=O)Nc1ccc(C(=O)NCCC(=O)O)cc1)S(C)(=O)=O. The van der Waals surface area contributed by atoms with Gasteiger partial charge in [-0.3, -0.25) is 14.4 Å². The number of benzene rings is 1. The molecule has 23 heavy (non-hydrogen) atoms. The Morgan fingerprint density at radius 2 is 1.74 bits per heavy atom. The van der Waals surface area contributed by atoms with Crippen molar-refractivity contribution in [3.63, 3.8) is 0 Å². The van der Waals surface area contributed by atoms with E-state index in [9.17, 15) is 22.8 Å². The first-order valence-electron chi connectivity index (χ1n) is 6.71. The molecule has 0 fully saturated rings. The van der Waals surface area contributed by atoms with Gasteiger partial charge in [-0.25, -0.2) is 8.42 Å². The van der Waals surface area contributed by atoms with E-state index in [4.69, 9.17) is 5.11 Å². The molecule has 126 valence electrons. The number of carboxylic acids is 1. The molecule has 1 aromatic carbocycles. The number of hydrogen-bond acceptors (Lipinski definition) is 5. The summed E-state index contributed by atoms with van der Waals surface area (Å²) in [5.41, 5.74) is 0.650. The minimum absolute atomic E-state index is 0.0124. The summed E-state index contributed by atoms with van der Waals surface area (Å²) < 4.78 is 22.6. The zero-order valence-electron chi connectivity index (χ0n) is 12.7. The molecular weight excluding hydrogens is 324 g/mol. The number of carbonyl (C=O) groups is 3. The molecule has 9 heteroatoms. The quantitative estimate of drug-likeness (QED) is 0.652. The second-order valence-corrected chi connectivity index (χ2v) is 7.30. The molecular formula is C14H18N2O6S. The van der Waals surface area contributed by atoms with Crippen molar-refractivity contribution in [3.05, 3.63) is 29.8 Å². The monoisotopic (exact) mass is 342 g/mol. The lowest BCUT2D eigenvalue weighted by Gasteiger charge is -2.11. The predicted octanol–water partition coefficient (Wildman–Crippen LogP) is 0.263. The number of aliphatic carboxylic acids is 1. The molecule has 3 N–H and O–H groups in total. The molecule has 0 saturated carbocycles. The third-order valence-corrected chi connectivity index (χ3v) is 4.55. The van der Waals surface area contributed by atoms with Crippen molar-refractivity contribution in [2.24, 2.45) is 0 Å². The number of amides is 2. The highest BCUT2D eigenvalue weighted by Crippen LogP contribution is 2.11. The zero-order valence-corrected chi connectivity index (χ0v) is 13.5. The Morgan fingerprint density at radius 3 is 2.22 bits per heavy atom. The van der Waals surface area contributed by atoms with Gasteiger partial charge in [-0.15, -0.1) is 0 Å². The van der Waals surface area contributed by atoms with Crippen LogP contribution in [0.15, 0.2) is 24.3 Å². The lowest BCUT2D eigenvalue weighted by molar-refractivity contribution is -0.136. The largest absolute Gasteiger partial charge is 0.481 e. The molecule has 1 atom stereocenters. The molecule has 0 aliphatic rings. The average molecular weight is 342 g/mol. The number of carbonyl (C=O) groups excluding carboxylic acids is 2. The van der Waals surface area contributed by atoms with Gasteiger partial charge in [0.05, 0.1) is 6.42 Å². The smallest absolute Gasteiger partial charge is 0.305 e. The minimum Gasteiger partial charge on any atom is -0.481 e. The maximum Gasteiger partial charge on any atom is 0.305 e. The number of carboxylic acid groups (broad SMARTS) is 1. The van der Waals surface area contributed by atoms with Crippen LogP contribution in [0.1, 0.15) is 23.7 Å². The molecule has 0 aliphatic heterocycles. The van der Waals surface area contributed by atoms with Crippen molar-refractivity contribution in [1.29, 1.82) is 0 Å². The molecule has 0 spiro atoms. The second-order valence-electron chi connectivity index (χ2n) is 4.94. The van der Waals surface area contributed by atoms with E-state index in [2.05, 4.69) is 10.6 Å². The lowest BCUT2D eigenvalue weighted by atomic mass is 10.2. The summed E-state index contributed by atoms with van der Waals surface area (Å²) >= 11 is 0. The molecule has 1 unspecified atom stereocenters. The summed E-state index contributed by atoms with van der Waals surface area (Å²) in [6, 6.07) is 5.80. The van der Waals surface area contributed by atoms with Crippen LogP contribution in [0.4, 0.5) is 5.69 Å². The van der Waals surface area contributed by atoms with Gasteiger partial charge in [-0.1, -0.05) is 0 Å². The molecule has 0 heterocycles. The van der Waals surface area contributed by atoms with Gasteiger partial charge in [-0.05, 0) is 31.2 Å². The molecule has 8 nitrogen and oxygen atoms in total. The molecule has 1 aromatic rings. The maximum atomic E-state index is 11.8. The van der Waals surface area contributed by atoms with Crippen LogP contribution in [-0.4, -0.2) is 49.4 Å². The standard InChI is InChI=1S/C14H18N2O6S/c1-9(23(2,21)22)13(19)16-11-5-3-10(4-6-11)14(20)15-8-7-12(17)18/h3-6,9H,7-8H2,1-2H3,(H,15,20)(H,16,19)(H,17,18). The molecule has 0 radical (unpaired) electrons.